The van der Waals surface area contributed by atoms with Crippen molar-refractivity contribution in [2.24, 2.45) is 0 Å². The van der Waals surface area contributed by atoms with Gasteiger partial charge in [-0.2, -0.15) is 0 Å². The van der Waals surface area contributed by atoms with E-state index >= 15 is 0 Å². The van der Waals surface area contributed by atoms with Crippen LogP contribution in [0.15, 0.2) is 29.1 Å². The van der Waals surface area contributed by atoms with E-state index in [0.717, 1.165) is 72.9 Å². The molecule has 0 saturated carbocycles. The lowest BCUT2D eigenvalue weighted by atomic mass is 10.2. The lowest BCUT2D eigenvalue weighted by Gasteiger charge is -2.36. The topological polar surface area (TPSA) is 61.5 Å². The van der Waals surface area contributed by atoms with Crippen molar-refractivity contribution < 1.29 is 4.74 Å². The molecule has 28 heavy (non-hydrogen) atoms. The molecule has 1 saturated heterocycles. The predicted molar refractivity (Wildman–Crippen MR) is 113 cm³/mol. The SMILES string of the molecule is COc1ccccc1N1CCN(Cc2nc3sc4c(c3c(=O)[nH]2)CCC4)CC1. The Morgan fingerprint density at radius 2 is 2.00 bits per heavy atom. The monoisotopic (exact) mass is 396 g/mol. The molecule has 3 heterocycles. The van der Waals surface area contributed by atoms with Crippen LogP contribution < -0.4 is 15.2 Å². The highest BCUT2D eigenvalue weighted by Crippen LogP contribution is 2.34. The number of hydrogen-bond acceptors (Lipinski definition) is 6. The number of fused-ring (bicyclic) bond motifs is 3. The van der Waals surface area contributed by atoms with E-state index in [0.29, 0.717) is 6.54 Å². The summed E-state index contributed by atoms with van der Waals surface area (Å²) in [6.45, 7) is 4.41. The van der Waals surface area contributed by atoms with Crippen molar-refractivity contribution in [3.63, 3.8) is 0 Å². The van der Waals surface area contributed by atoms with Crippen molar-refractivity contribution in [2.75, 3.05) is 38.2 Å². The maximum absolute atomic E-state index is 12.6. The van der Waals surface area contributed by atoms with Gasteiger partial charge in [0.1, 0.15) is 16.4 Å². The minimum atomic E-state index is 0.0343. The van der Waals surface area contributed by atoms with E-state index in [1.807, 2.05) is 18.2 Å². The molecule has 3 aromatic rings. The lowest BCUT2D eigenvalue weighted by Crippen LogP contribution is -2.46. The number of rotatable bonds is 4. The summed E-state index contributed by atoms with van der Waals surface area (Å²) in [6, 6.07) is 8.16. The molecule has 2 aliphatic rings. The van der Waals surface area contributed by atoms with E-state index in [4.69, 9.17) is 9.72 Å². The summed E-state index contributed by atoms with van der Waals surface area (Å²) >= 11 is 1.71. The summed E-state index contributed by atoms with van der Waals surface area (Å²) in [4.78, 5) is 27.5. The number of benzene rings is 1. The highest BCUT2D eigenvalue weighted by Gasteiger charge is 2.23. The first-order valence-electron chi connectivity index (χ1n) is 9.86. The average Bonchev–Trinajstić information content (AvgIpc) is 3.29. The standard InChI is InChI=1S/C21H24N4O2S/c1-27-16-7-3-2-6-15(16)25-11-9-24(10-12-25)13-18-22-20(26)19-14-5-4-8-17(14)28-21(19)23-18/h2-3,6-7H,4-5,8-13H2,1H3,(H,22,23,26). The molecule has 146 valence electrons. The van der Waals surface area contributed by atoms with E-state index in [1.165, 1.54) is 10.4 Å². The minimum Gasteiger partial charge on any atom is -0.495 e. The van der Waals surface area contributed by atoms with Gasteiger partial charge in [-0.25, -0.2) is 4.98 Å². The Labute approximate surface area is 167 Å². The number of thiophene rings is 1. The molecule has 0 radical (unpaired) electrons. The maximum Gasteiger partial charge on any atom is 0.259 e. The van der Waals surface area contributed by atoms with Gasteiger partial charge in [0, 0.05) is 31.1 Å². The number of nitrogens with zero attached hydrogens (tertiary/aromatic N) is 3. The summed E-state index contributed by atoms with van der Waals surface area (Å²) in [6.07, 6.45) is 3.27. The molecular weight excluding hydrogens is 372 g/mol. The normalized spacial score (nSPS) is 17.2. The van der Waals surface area contributed by atoms with Crippen LogP contribution in [0, 0.1) is 0 Å². The van der Waals surface area contributed by atoms with Gasteiger partial charge >= 0.3 is 0 Å². The third kappa shape index (κ3) is 3.08. The van der Waals surface area contributed by atoms with E-state index in [2.05, 4.69) is 20.9 Å². The van der Waals surface area contributed by atoms with Gasteiger partial charge in [0.05, 0.1) is 24.7 Å². The third-order valence-corrected chi connectivity index (χ3v) is 6.98. The van der Waals surface area contributed by atoms with E-state index in [1.54, 1.807) is 18.4 Å². The molecule has 2 aromatic heterocycles. The molecule has 1 aliphatic carbocycles. The molecule has 1 aromatic carbocycles. The summed E-state index contributed by atoms with van der Waals surface area (Å²) in [7, 11) is 1.72. The summed E-state index contributed by atoms with van der Waals surface area (Å²) in [5, 5.41) is 0.835. The average molecular weight is 397 g/mol. The molecule has 1 N–H and O–H groups in total. The number of H-pyrrole nitrogens is 1. The summed E-state index contributed by atoms with van der Waals surface area (Å²) in [5.41, 5.74) is 2.42. The smallest absolute Gasteiger partial charge is 0.259 e. The quantitative estimate of drug-likeness (QED) is 0.735. The highest BCUT2D eigenvalue weighted by molar-refractivity contribution is 7.18. The Balaban J connectivity index is 1.30. The lowest BCUT2D eigenvalue weighted by molar-refractivity contribution is 0.243. The Kier molecular flexibility index (Phi) is 4.56. The van der Waals surface area contributed by atoms with Crippen LogP contribution in [0.5, 0.6) is 5.75 Å². The Morgan fingerprint density at radius 3 is 2.82 bits per heavy atom. The van der Waals surface area contributed by atoms with Crippen LogP contribution in [0.1, 0.15) is 22.7 Å². The number of aryl methyl sites for hydroxylation is 2. The van der Waals surface area contributed by atoms with Crippen LogP contribution in [0.25, 0.3) is 10.2 Å². The second kappa shape index (κ2) is 7.22. The zero-order valence-corrected chi connectivity index (χ0v) is 16.8. The minimum absolute atomic E-state index is 0.0343. The highest BCUT2D eigenvalue weighted by atomic mass is 32.1. The molecule has 1 aliphatic heterocycles. The first kappa shape index (κ1) is 17.7. The van der Waals surface area contributed by atoms with Gasteiger partial charge in [0.2, 0.25) is 0 Å². The molecule has 0 amide bonds. The van der Waals surface area contributed by atoms with Gasteiger partial charge in [-0.05, 0) is 37.0 Å². The molecule has 5 rings (SSSR count). The van der Waals surface area contributed by atoms with Gasteiger partial charge in [-0.3, -0.25) is 9.69 Å². The van der Waals surface area contributed by atoms with Crippen LogP contribution in [-0.2, 0) is 19.4 Å². The maximum atomic E-state index is 12.6. The van der Waals surface area contributed by atoms with Crippen molar-refractivity contribution in [1.82, 2.24) is 14.9 Å². The second-order valence-electron chi connectivity index (χ2n) is 7.49. The van der Waals surface area contributed by atoms with Crippen molar-refractivity contribution in [3.05, 3.63) is 50.9 Å². The summed E-state index contributed by atoms with van der Waals surface area (Å²) in [5.74, 6) is 1.70. The number of ether oxygens (including phenoxy) is 1. The Hall–Kier alpha value is -2.38. The van der Waals surface area contributed by atoms with Gasteiger partial charge in [-0.15, -0.1) is 11.3 Å². The zero-order chi connectivity index (χ0) is 19.1. The first-order valence-corrected chi connectivity index (χ1v) is 10.7. The molecule has 6 nitrogen and oxygen atoms in total. The fourth-order valence-electron chi connectivity index (χ4n) is 4.37. The van der Waals surface area contributed by atoms with Crippen molar-refractivity contribution in [1.29, 1.82) is 0 Å². The van der Waals surface area contributed by atoms with E-state index in [-0.39, 0.29) is 5.56 Å². The van der Waals surface area contributed by atoms with E-state index in [9.17, 15) is 4.79 Å². The summed E-state index contributed by atoms with van der Waals surface area (Å²) < 4.78 is 5.50. The van der Waals surface area contributed by atoms with Gasteiger partial charge < -0.3 is 14.6 Å². The molecule has 0 unspecified atom stereocenters. The number of aromatic nitrogens is 2. The second-order valence-corrected chi connectivity index (χ2v) is 8.57. The molecule has 0 atom stereocenters. The number of methoxy groups -OCH3 is 1. The molecule has 0 spiro atoms. The number of para-hydroxylation sites is 2. The molecule has 1 fully saturated rings. The fraction of sp³-hybridized carbons (Fsp3) is 0.429. The fourth-order valence-corrected chi connectivity index (χ4v) is 5.65. The van der Waals surface area contributed by atoms with Crippen LogP contribution in [0.2, 0.25) is 0 Å². The van der Waals surface area contributed by atoms with E-state index < -0.39 is 0 Å². The number of aromatic amines is 1. The largest absolute Gasteiger partial charge is 0.495 e. The third-order valence-electron chi connectivity index (χ3n) is 5.80. The molecule has 0 bridgehead atoms. The van der Waals surface area contributed by atoms with Crippen LogP contribution >= 0.6 is 11.3 Å². The van der Waals surface area contributed by atoms with Crippen molar-refractivity contribution in [2.45, 2.75) is 25.8 Å². The molecular formula is C21H24N4O2S. The van der Waals surface area contributed by atoms with Crippen molar-refractivity contribution >= 4 is 27.2 Å². The first-order chi connectivity index (χ1) is 13.7. The predicted octanol–water partition coefficient (Wildman–Crippen LogP) is 2.80. The van der Waals surface area contributed by atoms with Gasteiger partial charge in [0.25, 0.3) is 5.56 Å². The van der Waals surface area contributed by atoms with Crippen LogP contribution in [0.3, 0.4) is 0 Å². The number of nitrogens with one attached hydrogen (secondary N) is 1. The van der Waals surface area contributed by atoms with Crippen LogP contribution in [0.4, 0.5) is 5.69 Å². The number of hydrogen-bond donors (Lipinski definition) is 1. The Morgan fingerprint density at radius 1 is 1.18 bits per heavy atom. The van der Waals surface area contributed by atoms with Gasteiger partial charge in [0.15, 0.2) is 0 Å². The number of anilines is 1. The van der Waals surface area contributed by atoms with Gasteiger partial charge in [-0.1, -0.05) is 12.1 Å². The zero-order valence-electron chi connectivity index (χ0n) is 16.0. The van der Waals surface area contributed by atoms with Crippen LogP contribution in [-0.4, -0.2) is 48.2 Å². The Bertz CT molecular complexity index is 1070. The van der Waals surface area contributed by atoms with Crippen molar-refractivity contribution in [3.8, 4) is 5.75 Å². The number of piperazine rings is 1. The molecule has 7 heteroatoms.